The highest BCUT2D eigenvalue weighted by Gasteiger charge is 2.20. The summed E-state index contributed by atoms with van der Waals surface area (Å²) in [6, 6.07) is -0.121. The van der Waals surface area contributed by atoms with E-state index in [1.54, 1.807) is 7.05 Å². The molecule has 0 aliphatic rings. The molecule has 0 saturated heterocycles. The van der Waals surface area contributed by atoms with E-state index in [0.29, 0.717) is 6.54 Å². The Kier molecular flexibility index (Phi) is 28.2. The number of hydrogen-bond donors (Lipinski definition) is 0. The molecule has 0 saturated carbocycles. The molecule has 0 aliphatic heterocycles. The van der Waals surface area contributed by atoms with Gasteiger partial charge in [-0.05, 0) is 19.3 Å². The Morgan fingerprint density at radius 3 is 1.02 bits per heavy atom. The second kappa shape index (κ2) is 30.5. The SMILES string of the molecule is CCCCCCCCCCCCC(CCCCCCCCCCCC)n1c(=O)n(C)c(=O)n(CCCCCCCCCCCC)c1=O. The fourth-order valence-electron chi connectivity index (χ4n) is 7.12. The van der Waals surface area contributed by atoms with E-state index < -0.39 is 11.4 Å². The summed E-state index contributed by atoms with van der Waals surface area (Å²) in [5, 5.41) is 0. The third-order valence-corrected chi connectivity index (χ3v) is 10.3. The van der Waals surface area contributed by atoms with Gasteiger partial charge in [-0.15, -0.1) is 0 Å². The van der Waals surface area contributed by atoms with Crippen LogP contribution in [0.3, 0.4) is 0 Å². The first kappa shape index (κ1) is 43.4. The number of rotatable bonds is 34. The Hall–Kier alpha value is -1.59. The molecule has 0 fully saturated rings. The smallest absolute Gasteiger partial charge is 0.248 e. The van der Waals surface area contributed by atoms with Gasteiger partial charge in [-0.2, -0.15) is 0 Å². The zero-order valence-electron chi connectivity index (χ0n) is 32.0. The quantitative estimate of drug-likeness (QED) is 0.0690. The molecule has 0 bridgehead atoms. The van der Waals surface area contributed by atoms with Crippen molar-refractivity contribution in [3.63, 3.8) is 0 Å². The predicted molar refractivity (Wildman–Crippen MR) is 204 cm³/mol. The van der Waals surface area contributed by atoms with Gasteiger partial charge < -0.3 is 0 Å². The van der Waals surface area contributed by atoms with E-state index in [-0.39, 0.29) is 11.7 Å². The Bertz CT molecular complexity index is 1000. The largest absolute Gasteiger partial charge is 0.336 e. The summed E-state index contributed by atoms with van der Waals surface area (Å²) in [4.78, 5) is 40.3. The van der Waals surface area contributed by atoms with E-state index >= 15 is 0 Å². The summed E-state index contributed by atoms with van der Waals surface area (Å²) in [5.74, 6) is 0. The maximum absolute atomic E-state index is 13.8. The molecule has 0 amide bonds. The molecule has 1 rings (SSSR count). The maximum Gasteiger partial charge on any atom is 0.336 e. The molecule has 0 radical (unpaired) electrons. The fourth-order valence-corrected chi connectivity index (χ4v) is 7.12. The van der Waals surface area contributed by atoms with Gasteiger partial charge in [-0.3, -0.25) is 0 Å². The van der Waals surface area contributed by atoms with Gasteiger partial charge in [0.05, 0.1) is 0 Å². The molecule has 0 N–H and O–H groups in total. The van der Waals surface area contributed by atoms with Gasteiger partial charge in [0.1, 0.15) is 0 Å². The minimum absolute atomic E-state index is 0.121. The molecule has 6 heteroatoms. The number of unbranched alkanes of at least 4 members (excludes halogenated alkanes) is 27. The van der Waals surface area contributed by atoms with Crippen LogP contribution >= 0.6 is 0 Å². The highest BCUT2D eigenvalue weighted by molar-refractivity contribution is 4.83. The Morgan fingerprint density at radius 2 is 0.681 bits per heavy atom. The van der Waals surface area contributed by atoms with E-state index in [4.69, 9.17) is 0 Å². The third-order valence-electron chi connectivity index (χ3n) is 10.3. The minimum atomic E-state index is -0.455. The van der Waals surface area contributed by atoms with Crippen LogP contribution in [0.5, 0.6) is 0 Å². The highest BCUT2D eigenvalue weighted by atomic mass is 16.2. The van der Waals surface area contributed by atoms with Crippen molar-refractivity contribution in [2.75, 3.05) is 0 Å². The third kappa shape index (κ3) is 20.5. The average molecular weight is 662 g/mol. The summed E-state index contributed by atoms with van der Waals surface area (Å²) in [5.41, 5.74) is -1.26. The van der Waals surface area contributed by atoms with E-state index in [2.05, 4.69) is 20.8 Å². The van der Waals surface area contributed by atoms with Crippen LogP contribution in [0, 0.1) is 0 Å². The van der Waals surface area contributed by atoms with Crippen LogP contribution in [-0.4, -0.2) is 13.7 Å². The van der Waals surface area contributed by atoms with Crippen LogP contribution in [0.4, 0.5) is 0 Å². The van der Waals surface area contributed by atoms with E-state index in [9.17, 15) is 14.4 Å². The van der Waals surface area contributed by atoms with Crippen molar-refractivity contribution in [2.45, 2.75) is 239 Å². The van der Waals surface area contributed by atoms with E-state index in [0.717, 1.165) is 57.8 Å². The van der Waals surface area contributed by atoms with Crippen LogP contribution in [0.2, 0.25) is 0 Å². The van der Waals surface area contributed by atoms with Crippen LogP contribution < -0.4 is 17.1 Å². The second-order valence-corrected chi connectivity index (χ2v) is 14.7. The lowest BCUT2D eigenvalue weighted by Gasteiger charge is -2.21. The van der Waals surface area contributed by atoms with E-state index in [1.807, 2.05) is 0 Å². The molecular weight excluding hydrogens is 582 g/mol. The zero-order valence-corrected chi connectivity index (χ0v) is 32.0. The summed E-state index contributed by atoms with van der Waals surface area (Å²) in [6.45, 7) is 7.19. The number of nitrogens with zero attached hydrogens (tertiary/aromatic N) is 3. The van der Waals surface area contributed by atoms with Crippen molar-refractivity contribution in [2.24, 2.45) is 7.05 Å². The Balaban J connectivity index is 2.74. The Labute approximate surface area is 290 Å². The molecule has 0 atom stereocenters. The summed E-state index contributed by atoms with van der Waals surface area (Å²) in [6.07, 6.45) is 39.2. The topological polar surface area (TPSA) is 66.0 Å². The van der Waals surface area contributed by atoms with Crippen molar-refractivity contribution >= 4 is 0 Å². The van der Waals surface area contributed by atoms with E-state index in [1.165, 1.54) is 161 Å². The van der Waals surface area contributed by atoms with Crippen LogP contribution in [-0.2, 0) is 13.6 Å². The molecule has 276 valence electrons. The lowest BCUT2D eigenvalue weighted by Crippen LogP contribution is -2.54. The second-order valence-electron chi connectivity index (χ2n) is 14.7. The number of aromatic nitrogens is 3. The van der Waals surface area contributed by atoms with Gasteiger partial charge in [0, 0.05) is 19.6 Å². The molecular formula is C41H79N3O3. The molecule has 0 unspecified atom stereocenters. The summed E-state index contributed by atoms with van der Waals surface area (Å²) < 4.78 is 4.01. The molecule has 0 aliphatic carbocycles. The predicted octanol–water partition coefficient (Wildman–Crippen LogP) is 11.8. The average Bonchev–Trinajstić information content (AvgIpc) is 3.07. The molecule has 1 aromatic heterocycles. The molecule has 6 nitrogen and oxygen atoms in total. The zero-order chi connectivity index (χ0) is 34.4. The van der Waals surface area contributed by atoms with Crippen LogP contribution in [0.15, 0.2) is 14.4 Å². The van der Waals surface area contributed by atoms with Gasteiger partial charge in [0.2, 0.25) is 0 Å². The van der Waals surface area contributed by atoms with Crippen LogP contribution in [0.1, 0.15) is 232 Å². The molecule has 1 aromatic rings. The molecule has 47 heavy (non-hydrogen) atoms. The lowest BCUT2D eigenvalue weighted by molar-refractivity contribution is 0.339. The summed E-state index contributed by atoms with van der Waals surface area (Å²) in [7, 11) is 1.55. The normalized spacial score (nSPS) is 11.7. The first-order chi connectivity index (χ1) is 23.0. The van der Waals surface area contributed by atoms with Crippen molar-refractivity contribution in [3.05, 3.63) is 31.5 Å². The van der Waals surface area contributed by atoms with Crippen molar-refractivity contribution in [1.29, 1.82) is 0 Å². The van der Waals surface area contributed by atoms with Gasteiger partial charge in [0.15, 0.2) is 0 Å². The number of hydrogen-bond acceptors (Lipinski definition) is 3. The van der Waals surface area contributed by atoms with Gasteiger partial charge in [-0.1, -0.05) is 207 Å². The van der Waals surface area contributed by atoms with Crippen LogP contribution in [0.25, 0.3) is 0 Å². The molecule has 0 aromatic carbocycles. The van der Waals surface area contributed by atoms with Crippen molar-refractivity contribution < 1.29 is 0 Å². The first-order valence-corrected chi connectivity index (χ1v) is 20.9. The van der Waals surface area contributed by atoms with Gasteiger partial charge >= 0.3 is 17.1 Å². The minimum Gasteiger partial charge on any atom is -0.248 e. The van der Waals surface area contributed by atoms with Crippen molar-refractivity contribution in [3.8, 4) is 0 Å². The monoisotopic (exact) mass is 662 g/mol. The van der Waals surface area contributed by atoms with Gasteiger partial charge in [0.25, 0.3) is 0 Å². The maximum atomic E-state index is 13.8. The van der Waals surface area contributed by atoms with Crippen molar-refractivity contribution in [1.82, 2.24) is 13.7 Å². The lowest BCUT2D eigenvalue weighted by atomic mass is 9.99. The van der Waals surface area contributed by atoms with Gasteiger partial charge in [-0.25, -0.2) is 28.1 Å². The standard InChI is InChI=1S/C41H79N3O3/c1-5-8-11-14-17-20-23-26-29-32-35-38(36-33-30-27-24-21-18-15-12-9-6-2)44-40(46)42(4)39(45)43(41(44)47)37-34-31-28-25-22-19-16-13-10-7-3/h38H,5-37H2,1-4H3. The molecule has 0 spiro atoms. The fraction of sp³-hybridized carbons (Fsp3) is 0.927. The molecule has 1 heterocycles. The highest BCUT2D eigenvalue weighted by Crippen LogP contribution is 2.22. The first-order valence-electron chi connectivity index (χ1n) is 20.9. The summed E-state index contributed by atoms with van der Waals surface area (Å²) >= 11 is 0. The Morgan fingerprint density at radius 1 is 0.383 bits per heavy atom.